The molecular formula is C21H19FN4O3. The van der Waals surface area contributed by atoms with Crippen LogP contribution in [0.25, 0.3) is 5.69 Å². The molecule has 1 N–H and O–H groups in total. The molecule has 1 atom stereocenters. The van der Waals surface area contributed by atoms with Crippen molar-refractivity contribution in [1.82, 2.24) is 15.1 Å². The molecule has 1 fully saturated rings. The summed E-state index contributed by atoms with van der Waals surface area (Å²) < 4.78 is 20.8. The van der Waals surface area contributed by atoms with Gasteiger partial charge in [0.1, 0.15) is 17.3 Å². The number of nitrogens with one attached hydrogen (secondary N) is 1. The van der Waals surface area contributed by atoms with Crippen LogP contribution in [0, 0.1) is 5.82 Å². The normalized spacial score (nSPS) is 16.1. The highest BCUT2D eigenvalue weighted by molar-refractivity contribution is 6.00. The van der Waals surface area contributed by atoms with Crippen molar-refractivity contribution in [3.63, 3.8) is 0 Å². The highest BCUT2D eigenvalue weighted by Crippen LogP contribution is 2.31. The fourth-order valence-corrected chi connectivity index (χ4v) is 3.40. The van der Waals surface area contributed by atoms with Crippen LogP contribution in [0.3, 0.4) is 0 Å². The molecule has 1 aliphatic heterocycles. The molecule has 2 heterocycles. The number of halogens is 1. The van der Waals surface area contributed by atoms with E-state index >= 15 is 0 Å². The number of anilines is 1. The first-order valence-electron chi connectivity index (χ1n) is 9.10. The lowest BCUT2D eigenvalue weighted by Gasteiger charge is -2.19. The molecule has 1 saturated heterocycles. The van der Waals surface area contributed by atoms with Gasteiger partial charge in [-0.2, -0.15) is 5.10 Å². The number of ether oxygens (including phenoxy) is 1. The lowest BCUT2D eigenvalue weighted by molar-refractivity contribution is -0.117. The van der Waals surface area contributed by atoms with Crippen molar-refractivity contribution in [2.75, 3.05) is 18.6 Å². The van der Waals surface area contributed by atoms with E-state index in [4.69, 9.17) is 4.74 Å². The summed E-state index contributed by atoms with van der Waals surface area (Å²) in [6.07, 6.45) is 3.31. The number of amides is 2. The predicted molar refractivity (Wildman–Crippen MR) is 105 cm³/mol. The Morgan fingerprint density at radius 2 is 2.03 bits per heavy atom. The molecule has 8 heteroatoms. The van der Waals surface area contributed by atoms with Gasteiger partial charge in [-0.25, -0.2) is 9.07 Å². The van der Waals surface area contributed by atoms with Crippen LogP contribution in [0.15, 0.2) is 60.9 Å². The van der Waals surface area contributed by atoms with Crippen LogP contribution in [0.1, 0.15) is 16.8 Å². The summed E-state index contributed by atoms with van der Waals surface area (Å²) in [5.74, 6) is -0.368. The zero-order valence-electron chi connectivity index (χ0n) is 15.7. The molecular weight excluding hydrogens is 375 g/mol. The lowest BCUT2D eigenvalue weighted by atomic mass is 10.1. The van der Waals surface area contributed by atoms with Crippen LogP contribution in [0.4, 0.5) is 10.1 Å². The van der Waals surface area contributed by atoms with Crippen molar-refractivity contribution < 1.29 is 18.7 Å². The minimum atomic E-state index is -0.483. The molecule has 0 saturated carbocycles. The Bertz CT molecular complexity index is 1050. The lowest BCUT2D eigenvalue weighted by Crippen LogP contribution is -2.37. The molecule has 0 aliphatic carbocycles. The summed E-state index contributed by atoms with van der Waals surface area (Å²) >= 11 is 0. The maximum Gasteiger partial charge on any atom is 0.251 e. The number of para-hydroxylation sites is 2. The van der Waals surface area contributed by atoms with E-state index < -0.39 is 5.82 Å². The first kappa shape index (κ1) is 18.7. The summed E-state index contributed by atoms with van der Waals surface area (Å²) in [5.41, 5.74) is 1.14. The Balaban J connectivity index is 1.50. The van der Waals surface area contributed by atoms with Gasteiger partial charge < -0.3 is 15.0 Å². The number of rotatable bonds is 5. The summed E-state index contributed by atoms with van der Waals surface area (Å²) in [6, 6.07) is 12.6. The number of aromatic nitrogens is 2. The molecule has 0 unspecified atom stereocenters. The average Bonchev–Trinajstić information content (AvgIpc) is 3.38. The molecule has 2 aromatic carbocycles. The zero-order valence-corrected chi connectivity index (χ0v) is 15.7. The van der Waals surface area contributed by atoms with Gasteiger partial charge in [0, 0.05) is 30.9 Å². The number of methoxy groups -OCH3 is 1. The van der Waals surface area contributed by atoms with Crippen LogP contribution >= 0.6 is 0 Å². The Morgan fingerprint density at radius 3 is 2.79 bits per heavy atom. The second-order valence-corrected chi connectivity index (χ2v) is 6.67. The van der Waals surface area contributed by atoms with Gasteiger partial charge in [-0.3, -0.25) is 9.59 Å². The number of nitrogens with zero attached hydrogens (tertiary/aromatic N) is 3. The number of carbonyl (C=O) groups excluding carboxylic acids is 2. The summed E-state index contributed by atoms with van der Waals surface area (Å²) in [6.45, 7) is 0.332. The maximum absolute atomic E-state index is 14.1. The van der Waals surface area contributed by atoms with E-state index in [-0.39, 0.29) is 30.0 Å². The molecule has 148 valence electrons. The minimum Gasteiger partial charge on any atom is -0.495 e. The van der Waals surface area contributed by atoms with E-state index in [0.29, 0.717) is 23.5 Å². The van der Waals surface area contributed by atoms with Crippen molar-refractivity contribution in [2.45, 2.75) is 12.5 Å². The van der Waals surface area contributed by atoms with E-state index in [9.17, 15) is 14.0 Å². The number of benzene rings is 2. The van der Waals surface area contributed by atoms with Crippen LogP contribution in [0.5, 0.6) is 5.75 Å². The van der Waals surface area contributed by atoms with Crippen molar-refractivity contribution in [3.05, 3.63) is 72.3 Å². The first-order valence-corrected chi connectivity index (χ1v) is 9.10. The molecule has 4 rings (SSSR count). The van der Waals surface area contributed by atoms with Crippen molar-refractivity contribution >= 4 is 17.5 Å². The third kappa shape index (κ3) is 3.69. The van der Waals surface area contributed by atoms with E-state index in [1.54, 1.807) is 36.4 Å². The third-order valence-electron chi connectivity index (χ3n) is 4.80. The predicted octanol–water partition coefficient (Wildman–Crippen LogP) is 2.56. The summed E-state index contributed by atoms with van der Waals surface area (Å²) in [4.78, 5) is 26.8. The van der Waals surface area contributed by atoms with E-state index in [1.807, 2.05) is 12.1 Å². The van der Waals surface area contributed by atoms with Gasteiger partial charge in [0.25, 0.3) is 5.91 Å². The summed E-state index contributed by atoms with van der Waals surface area (Å²) in [7, 11) is 1.55. The topological polar surface area (TPSA) is 76.5 Å². The van der Waals surface area contributed by atoms with E-state index in [1.165, 1.54) is 29.1 Å². The minimum absolute atomic E-state index is 0.101. The van der Waals surface area contributed by atoms with Crippen LogP contribution in [0.2, 0.25) is 0 Å². The van der Waals surface area contributed by atoms with Crippen molar-refractivity contribution in [1.29, 1.82) is 0 Å². The highest BCUT2D eigenvalue weighted by atomic mass is 19.1. The number of hydrogen-bond donors (Lipinski definition) is 1. The van der Waals surface area contributed by atoms with Crippen LogP contribution in [-0.2, 0) is 4.79 Å². The fraction of sp³-hybridized carbons (Fsp3) is 0.190. The first-order chi connectivity index (χ1) is 14.1. The fourth-order valence-electron chi connectivity index (χ4n) is 3.40. The molecule has 29 heavy (non-hydrogen) atoms. The number of carbonyl (C=O) groups is 2. The quantitative estimate of drug-likeness (QED) is 0.722. The average molecular weight is 394 g/mol. The molecule has 1 aromatic heterocycles. The highest BCUT2D eigenvalue weighted by Gasteiger charge is 2.33. The van der Waals surface area contributed by atoms with Crippen molar-refractivity contribution in [2.24, 2.45) is 0 Å². The third-order valence-corrected chi connectivity index (χ3v) is 4.80. The maximum atomic E-state index is 14.1. The largest absolute Gasteiger partial charge is 0.495 e. The monoisotopic (exact) mass is 394 g/mol. The summed E-state index contributed by atoms with van der Waals surface area (Å²) in [5, 5.41) is 6.86. The molecule has 0 bridgehead atoms. The smallest absolute Gasteiger partial charge is 0.251 e. The molecule has 0 spiro atoms. The Labute approximate surface area is 166 Å². The van der Waals surface area contributed by atoms with Crippen molar-refractivity contribution in [3.8, 4) is 11.4 Å². The molecule has 3 aromatic rings. The second-order valence-electron chi connectivity index (χ2n) is 6.67. The molecule has 0 radical (unpaired) electrons. The van der Waals surface area contributed by atoms with E-state index in [0.717, 1.165) is 0 Å². The SMILES string of the molecule is COc1ccccc1N1C[C@@H](NC(=O)c2ccc(F)c(-n3cccn3)c2)CC1=O. The van der Waals surface area contributed by atoms with Gasteiger partial charge in [-0.1, -0.05) is 12.1 Å². The Morgan fingerprint density at radius 1 is 1.21 bits per heavy atom. The van der Waals surface area contributed by atoms with Gasteiger partial charge in [0.05, 0.1) is 18.8 Å². The standard InChI is InChI=1S/C21H19FN4O3/c1-29-19-6-3-2-5-17(19)25-13-15(12-20(25)27)24-21(28)14-7-8-16(22)18(11-14)26-10-4-9-23-26/h2-11,15H,12-13H2,1H3,(H,24,28)/t15-/m0/s1. The van der Waals surface area contributed by atoms with E-state index in [2.05, 4.69) is 10.4 Å². The van der Waals surface area contributed by atoms with Gasteiger partial charge >= 0.3 is 0 Å². The van der Waals surface area contributed by atoms with Gasteiger partial charge in [-0.15, -0.1) is 0 Å². The Kier molecular flexibility index (Phi) is 4.99. The zero-order chi connectivity index (χ0) is 20.4. The molecule has 2 amide bonds. The molecule has 1 aliphatic rings. The van der Waals surface area contributed by atoms with Crippen LogP contribution in [-0.4, -0.2) is 41.3 Å². The second kappa shape index (κ2) is 7.75. The Hall–Kier alpha value is -3.68. The van der Waals surface area contributed by atoms with Gasteiger partial charge in [0.2, 0.25) is 5.91 Å². The molecule has 7 nitrogen and oxygen atoms in total. The van der Waals surface area contributed by atoms with Gasteiger partial charge in [0.15, 0.2) is 0 Å². The van der Waals surface area contributed by atoms with Gasteiger partial charge in [-0.05, 0) is 36.4 Å². The number of hydrogen-bond acceptors (Lipinski definition) is 4. The van der Waals surface area contributed by atoms with Crippen LogP contribution < -0.4 is 15.0 Å².